The number of benzene rings is 2. The summed E-state index contributed by atoms with van der Waals surface area (Å²) >= 11 is 1.64. The Kier molecular flexibility index (Phi) is 9.05. The average Bonchev–Trinajstić information content (AvgIpc) is 2.64. The molecule has 0 bridgehead atoms. The first-order chi connectivity index (χ1) is 13.1. The minimum absolute atomic E-state index is 0.0728. The molecule has 0 saturated heterocycles. The molecule has 1 amide bonds. The predicted octanol–water partition coefficient (Wildman–Crippen LogP) is 4.38. The van der Waals surface area contributed by atoms with Crippen LogP contribution in [0, 0.1) is 6.92 Å². The van der Waals surface area contributed by atoms with Crippen LogP contribution < -0.4 is 14.8 Å². The van der Waals surface area contributed by atoms with E-state index in [0.717, 1.165) is 29.2 Å². The smallest absolute Gasteiger partial charge is 0.230 e. The van der Waals surface area contributed by atoms with Gasteiger partial charge in [-0.05, 0) is 50.5 Å². The van der Waals surface area contributed by atoms with Gasteiger partial charge in [0.15, 0.2) is 11.5 Å². The third kappa shape index (κ3) is 7.55. The highest BCUT2D eigenvalue weighted by atomic mass is 32.2. The number of hydrogen-bond donors (Lipinski definition) is 1. The zero-order valence-corrected chi connectivity index (χ0v) is 17.2. The van der Waals surface area contributed by atoms with Crippen LogP contribution in [0.15, 0.2) is 42.5 Å². The second kappa shape index (κ2) is 11.5. The number of nitrogens with one attached hydrogen (secondary N) is 1. The zero-order valence-electron chi connectivity index (χ0n) is 16.4. The largest absolute Gasteiger partial charge is 0.490 e. The van der Waals surface area contributed by atoms with Crippen molar-refractivity contribution in [3.8, 4) is 11.5 Å². The summed E-state index contributed by atoms with van der Waals surface area (Å²) in [7, 11) is 0. The molecule has 2 aromatic rings. The van der Waals surface area contributed by atoms with Crippen LogP contribution in [0.4, 0.5) is 0 Å². The van der Waals surface area contributed by atoms with Gasteiger partial charge in [0.2, 0.25) is 5.91 Å². The summed E-state index contributed by atoms with van der Waals surface area (Å²) in [5, 5.41) is 2.99. The molecule has 0 aliphatic heterocycles. The molecule has 5 heteroatoms. The topological polar surface area (TPSA) is 47.6 Å². The lowest BCUT2D eigenvalue weighted by molar-refractivity contribution is -0.118. The molecule has 2 rings (SSSR count). The van der Waals surface area contributed by atoms with Crippen LogP contribution in [0.5, 0.6) is 11.5 Å². The van der Waals surface area contributed by atoms with Gasteiger partial charge in [0.1, 0.15) is 0 Å². The number of hydrogen-bond acceptors (Lipinski definition) is 4. The van der Waals surface area contributed by atoms with Crippen LogP contribution in [0.1, 0.15) is 30.5 Å². The highest BCUT2D eigenvalue weighted by Gasteiger charge is 2.07. The fourth-order valence-corrected chi connectivity index (χ4v) is 3.52. The van der Waals surface area contributed by atoms with Gasteiger partial charge in [0, 0.05) is 12.3 Å². The van der Waals surface area contributed by atoms with Crippen LogP contribution in [0.3, 0.4) is 0 Å². The van der Waals surface area contributed by atoms with E-state index in [-0.39, 0.29) is 5.91 Å². The number of rotatable bonds is 11. The fraction of sp³-hybridized carbons (Fsp3) is 0.409. The molecule has 0 aliphatic carbocycles. The molecule has 146 valence electrons. The predicted molar refractivity (Wildman–Crippen MR) is 113 cm³/mol. The van der Waals surface area contributed by atoms with Crippen LogP contribution in [-0.2, 0) is 17.0 Å². The lowest BCUT2D eigenvalue weighted by Gasteiger charge is -2.12. The van der Waals surface area contributed by atoms with E-state index in [1.165, 1.54) is 11.1 Å². The van der Waals surface area contributed by atoms with Crippen molar-refractivity contribution in [2.45, 2.75) is 32.9 Å². The number of aryl methyl sites for hydroxylation is 1. The molecule has 27 heavy (non-hydrogen) atoms. The molecular weight excluding hydrogens is 358 g/mol. The standard InChI is InChI=1S/C22H29NO3S/c1-4-25-20-10-9-18(14-21(20)26-5-2)11-12-23-22(24)16-27-15-19-8-6-7-17(3)13-19/h6-10,13-14H,4-5,11-12,15-16H2,1-3H3,(H,23,24). The van der Waals surface area contributed by atoms with Gasteiger partial charge in [0.05, 0.1) is 19.0 Å². The molecular formula is C22H29NO3S. The van der Waals surface area contributed by atoms with Crippen molar-refractivity contribution in [3.63, 3.8) is 0 Å². The Morgan fingerprint density at radius 2 is 1.78 bits per heavy atom. The first-order valence-corrected chi connectivity index (χ1v) is 10.6. The Morgan fingerprint density at radius 3 is 2.52 bits per heavy atom. The SMILES string of the molecule is CCOc1ccc(CCNC(=O)CSCc2cccc(C)c2)cc1OCC. The summed E-state index contributed by atoms with van der Waals surface area (Å²) in [6, 6.07) is 14.3. The Balaban J connectivity index is 1.73. The lowest BCUT2D eigenvalue weighted by Crippen LogP contribution is -2.27. The van der Waals surface area contributed by atoms with Gasteiger partial charge in [-0.25, -0.2) is 0 Å². The van der Waals surface area contributed by atoms with Crippen molar-refractivity contribution in [2.24, 2.45) is 0 Å². The van der Waals surface area contributed by atoms with E-state index in [2.05, 4.69) is 36.5 Å². The molecule has 0 aromatic heterocycles. The van der Waals surface area contributed by atoms with E-state index in [9.17, 15) is 4.79 Å². The summed E-state index contributed by atoms with van der Waals surface area (Å²) in [5.41, 5.74) is 3.62. The average molecular weight is 388 g/mol. The van der Waals surface area contributed by atoms with Gasteiger partial charge in [-0.15, -0.1) is 11.8 Å². The zero-order chi connectivity index (χ0) is 19.5. The minimum atomic E-state index is 0.0728. The van der Waals surface area contributed by atoms with Crippen molar-refractivity contribution >= 4 is 17.7 Å². The van der Waals surface area contributed by atoms with Crippen molar-refractivity contribution < 1.29 is 14.3 Å². The first-order valence-electron chi connectivity index (χ1n) is 9.40. The highest BCUT2D eigenvalue weighted by Crippen LogP contribution is 2.28. The molecule has 0 spiro atoms. The molecule has 4 nitrogen and oxygen atoms in total. The van der Waals surface area contributed by atoms with E-state index in [0.29, 0.717) is 25.5 Å². The summed E-state index contributed by atoms with van der Waals surface area (Å²) in [6.07, 6.45) is 0.765. The molecule has 1 N–H and O–H groups in total. The van der Waals surface area contributed by atoms with E-state index in [1.54, 1.807) is 11.8 Å². The fourth-order valence-electron chi connectivity index (χ4n) is 2.71. The number of carbonyl (C=O) groups is 1. The number of thioether (sulfide) groups is 1. The van der Waals surface area contributed by atoms with Crippen LogP contribution in [0.2, 0.25) is 0 Å². The molecule has 0 atom stereocenters. The molecule has 0 heterocycles. The molecule has 0 radical (unpaired) electrons. The number of amides is 1. The van der Waals surface area contributed by atoms with E-state index < -0.39 is 0 Å². The van der Waals surface area contributed by atoms with Gasteiger partial charge in [-0.3, -0.25) is 4.79 Å². The van der Waals surface area contributed by atoms with Crippen molar-refractivity contribution in [1.29, 1.82) is 0 Å². The van der Waals surface area contributed by atoms with Crippen LogP contribution >= 0.6 is 11.8 Å². The van der Waals surface area contributed by atoms with Gasteiger partial charge in [-0.2, -0.15) is 0 Å². The van der Waals surface area contributed by atoms with Crippen LogP contribution in [0.25, 0.3) is 0 Å². The maximum atomic E-state index is 12.0. The second-order valence-electron chi connectivity index (χ2n) is 6.23. The van der Waals surface area contributed by atoms with Crippen molar-refractivity contribution in [1.82, 2.24) is 5.32 Å². The maximum absolute atomic E-state index is 12.0. The Morgan fingerprint density at radius 1 is 1.00 bits per heavy atom. The Labute approximate surface area is 166 Å². The number of ether oxygens (including phenoxy) is 2. The van der Waals surface area contributed by atoms with Gasteiger partial charge in [-0.1, -0.05) is 35.9 Å². The van der Waals surface area contributed by atoms with E-state index in [1.807, 2.05) is 32.0 Å². The molecule has 2 aromatic carbocycles. The van der Waals surface area contributed by atoms with E-state index >= 15 is 0 Å². The van der Waals surface area contributed by atoms with E-state index in [4.69, 9.17) is 9.47 Å². The molecule has 0 aliphatic rings. The van der Waals surface area contributed by atoms with Crippen LogP contribution in [-0.4, -0.2) is 31.4 Å². The van der Waals surface area contributed by atoms with Crippen molar-refractivity contribution in [2.75, 3.05) is 25.5 Å². The maximum Gasteiger partial charge on any atom is 0.230 e. The normalized spacial score (nSPS) is 10.5. The summed E-state index contributed by atoms with van der Waals surface area (Å²) in [4.78, 5) is 12.0. The quantitative estimate of drug-likeness (QED) is 0.621. The third-order valence-electron chi connectivity index (χ3n) is 3.93. The Bertz CT molecular complexity index is 733. The first kappa shape index (κ1) is 21.2. The van der Waals surface area contributed by atoms with Gasteiger partial charge in [0.25, 0.3) is 0 Å². The third-order valence-corrected chi connectivity index (χ3v) is 4.93. The summed E-state index contributed by atoms with van der Waals surface area (Å²) in [5.74, 6) is 2.92. The number of carbonyl (C=O) groups excluding carboxylic acids is 1. The summed E-state index contributed by atoms with van der Waals surface area (Å²) < 4.78 is 11.2. The van der Waals surface area contributed by atoms with Gasteiger partial charge < -0.3 is 14.8 Å². The van der Waals surface area contributed by atoms with Crippen molar-refractivity contribution in [3.05, 3.63) is 59.2 Å². The molecule has 0 saturated carbocycles. The summed E-state index contributed by atoms with van der Waals surface area (Å²) in [6.45, 7) is 7.81. The monoisotopic (exact) mass is 387 g/mol. The van der Waals surface area contributed by atoms with Gasteiger partial charge >= 0.3 is 0 Å². The Hall–Kier alpha value is -2.14. The highest BCUT2D eigenvalue weighted by molar-refractivity contribution is 7.99. The minimum Gasteiger partial charge on any atom is -0.490 e. The molecule has 0 fully saturated rings. The molecule has 0 unspecified atom stereocenters. The second-order valence-corrected chi connectivity index (χ2v) is 7.21. The lowest BCUT2D eigenvalue weighted by atomic mass is 10.1.